The number of hydrogen-bond acceptors (Lipinski definition) is 5. The number of pyridine rings is 1. The van der Waals surface area contributed by atoms with E-state index in [9.17, 15) is 9.59 Å². The minimum absolute atomic E-state index is 0.0445. The van der Waals surface area contributed by atoms with Crippen LogP contribution in [0.15, 0.2) is 16.9 Å². The van der Waals surface area contributed by atoms with Crippen LogP contribution >= 0.6 is 0 Å². The number of aryl methyl sites for hydroxylation is 1. The van der Waals surface area contributed by atoms with E-state index in [-0.39, 0.29) is 17.4 Å². The monoisotopic (exact) mass is 407 g/mol. The molecule has 1 aliphatic carbocycles. The van der Waals surface area contributed by atoms with Gasteiger partial charge in [-0.3, -0.25) is 9.59 Å². The van der Waals surface area contributed by atoms with E-state index in [0.29, 0.717) is 25.0 Å². The molecule has 0 N–H and O–H groups in total. The van der Waals surface area contributed by atoms with Crippen LogP contribution in [-0.4, -0.2) is 52.5 Å². The minimum Gasteiger partial charge on any atom is -0.347 e. The number of hydrogen-bond donors (Lipinski definition) is 0. The molecule has 2 atom stereocenters. The van der Waals surface area contributed by atoms with Gasteiger partial charge in [0.2, 0.25) is 11.9 Å². The maximum atomic E-state index is 13.1. The van der Waals surface area contributed by atoms with Crippen LogP contribution in [0.4, 0.5) is 5.95 Å². The summed E-state index contributed by atoms with van der Waals surface area (Å²) in [5, 5.41) is 0. The Morgan fingerprint density at radius 2 is 1.90 bits per heavy atom. The quantitative estimate of drug-likeness (QED) is 0.763. The number of carbonyl (C=O) groups excluding carboxylic acids is 1. The summed E-state index contributed by atoms with van der Waals surface area (Å²) in [6.45, 7) is 3.78. The topological polar surface area (TPSA) is 71.3 Å². The van der Waals surface area contributed by atoms with Crippen LogP contribution in [0.1, 0.15) is 49.1 Å². The summed E-state index contributed by atoms with van der Waals surface area (Å²) in [5.74, 6) is 1.39. The smallest absolute Gasteiger partial charge is 0.251 e. The average molecular weight is 408 g/mol. The third kappa shape index (κ3) is 3.20. The van der Waals surface area contributed by atoms with Gasteiger partial charge in [-0.05, 0) is 44.1 Å². The maximum absolute atomic E-state index is 13.1. The second-order valence-electron chi connectivity index (χ2n) is 9.24. The fraction of sp³-hybridized carbons (Fsp3) is 0.565. The van der Waals surface area contributed by atoms with Gasteiger partial charge in [-0.1, -0.05) is 0 Å². The SMILES string of the molecule is CC(=O)N1C[C@@H]2C[C@H](C1)c1cc(-c3nc(N(C)C)nc4c3CCCC4)cc(=O)n1C2. The third-order valence-corrected chi connectivity index (χ3v) is 6.85. The molecule has 1 saturated heterocycles. The first kappa shape index (κ1) is 19.3. The van der Waals surface area contributed by atoms with Crippen molar-refractivity contribution in [2.75, 3.05) is 32.1 Å². The van der Waals surface area contributed by atoms with Gasteiger partial charge < -0.3 is 14.4 Å². The Morgan fingerprint density at radius 3 is 2.67 bits per heavy atom. The number of carbonyl (C=O) groups is 1. The summed E-state index contributed by atoms with van der Waals surface area (Å²) in [6, 6.07) is 3.91. The van der Waals surface area contributed by atoms with Crippen molar-refractivity contribution in [3.63, 3.8) is 0 Å². The first-order valence-corrected chi connectivity index (χ1v) is 11.0. The van der Waals surface area contributed by atoms with Crippen molar-refractivity contribution >= 4 is 11.9 Å². The first-order valence-electron chi connectivity index (χ1n) is 11.0. The predicted octanol–water partition coefficient (Wildman–Crippen LogP) is 2.22. The number of amides is 1. The van der Waals surface area contributed by atoms with Crippen molar-refractivity contribution in [3.8, 4) is 11.3 Å². The van der Waals surface area contributed by atoms with Crippen molar-refractivity contribution in [1.82, 2.24) is 19.4 Å². The Labute approximate surface area is 176 Å². The lowest BCUT2D eigenvalue weighted by molar-refractivity contribution is -0.131. The van der Waals surface area contributed by atoms with Crippen LogP contribution in [0.3, 0.4) is 0 Å². The number of nitrogens with zero attached hydrogens (tertiary/aromatic N) is 5. The van der Waals surface area contributed by atoms with Crippen LogP contribution in [0.5, 0.6) is 0 Å². The molecule has 2 aromatic heterocycles. The van der Waals surface area contributed by atoms with Crippen LogP contribution in [0.25, 0.3) is 11.3 Å². The van der Waals surface area contributed by atoms with Gasteiger partial charge in [0, 0.05) is 75.2 Å². The van der Waals surface area contributed by atoms with Crippen molar-refractivity contribution in [2.24, 2.45) is 5.92 Å². The molecule has 0 unspecified atom stereocenters. The molecular weight excluding hydrogens is 378 g/mol. The Kier molecular flexibility index (Phi) is 4.64. The van der Waals surface area contributed by atoms with Gasteiger partial charge in [0.15, 0.2) is 0 Å². The van der Waals surface area contributed by atoms with E-state index in [2.05, 4.69) is 6.07 Å². The van der Waals surface area contributed by atoms with Gasteiger partial charge >= 0.3 is 0 Å². The zero-order valence-corrected chi connectivity index (χ0v) is 18.0. The van der Waals surface area contributed by atoms with Gasteiger partial charge in [-0.2, -0.15) is 0 Å². The highest BCUT2D eigenvalue weighted by atomic mass is 16.2. The molecule has 0 radical (unpaired) electrons. The van der Waals surface area contributed by atoms with E-state index in [1.807, 2.05) is 28.5 Å². The maximum Gasteiger partial charge on any atom is 0.251 e. The number of rotatable bonds is 2. The number of aromatic nitrogens is 3. The Morgan fingerprint density at radius 1 is 1.10 bits per heavy atom. The Balaban J connectivity index is 1.64. The average Bonchev–Trinajstić information content (AvgIpc) is 2.73. The fourth-order valence-corrected chi connectivity index (χ4v) is 5.37. The summed E-state index contributed by atoms with van der Waals surface area (Å²) in [4.78, 5) is 38.6. The molecule has 0 saturated carbocycles. The molecule has 5 rings (SSSR count). The van der Waals surface area contributed by atoms with E-state index in [1.165, 1.54) is 5.56 Å². The number of anilines is 1. The molecule has 1 amide bonds. The second kappa shape index (κ2) is 7.22. The van der Waals surface area contributed by atoms with E-state index in [4.69, 9.17) is 9.97 Å². The molecular formula is C23H29N5O2. The molecule has 0 aromatic carbocycles. The molecule has 30 heavy (non-hydrogen) atoms. The van der Waals surface area contributed by atoms with Crippen molar-refractivity contribution in [2.45, 2.75) is 51.5 Å². The summed E-state index contributed by atoms with van der Waals surface area (Å²) in [6.07, 6.45) is 5.24. The molecule has 7 heteroatoms. The second-order valence-corrected chi connectivity index (χ2v) is 9.24. The summed E-state index contributed by atoms with van der Waals surface area (Å²) >= 11 is 0. The summed E-state index contributed by atoms with van der Waals surface area (Å²) in [7, 11) is 3.91. The van der Waals surface area contributed by atoms with E-state index < -0.39 is 0 Å². The van der Waals surface area contributed by atoms with Crippen LogP contribution in [-0.2, 0) is 24.2 Å². The first-order chi connectivity index (χ1) is 14.4. The zero-order chi connectivity index (χ0) is 21.0. The number of fused-ring (bicyclic) bond motifs is 5. The predicted molar refractivity (Wildman–Crippen MR) is 116 cm³/mol. The highest BCUT2D eigenvalue weighted by molar-refractivity contribution is 5.73. The third-order valence-electron chi connectivity index (χ3n) is 6.85. The van der Waals surface area contributed by atoms with E-state index in [0.717, 1.165) is 61.3 Å². The zero-order valence-electron chi connectivity index (χ0n) is 18.0. The molecule has 2 aromatic rings. The van der Waals surface area contributed by atoms with Gasteiger partial charge in [0.25, 0.3) is 5.56 Å². The van der Waals surface area contributed by atoms with Crippen LogP contribution in [0.2, 0.25) is 0 Å². The van der Waals surface area contributed by atoms with Gasteiger partial charge in [0.1, 0.15) is 0 Å². The molecule has 4 heterocycles. The molecule has 3 aliphatic rings. The van der Waals surface area contributed by atoms with Crippen LogP contribution in [0, 0.1) is 5.92 Å². The van der Waals surface area contributed by atoms with Gasteiger partial charge in [0.05, 0.1) is 5.69 Å². The molecule has 7 nitrogen and oxygen atoms in total. The largest absolute Gasteiger partial charge is 0.347 e. The lowest BCUT2D eigenvalue weighted by atomic mass is 9.82. The van der Waals surface area contributed by atoms with Crippen molar-refractivity contribution in [3.05, 3.63) is 39.4 Å². The summed E-state index contributed by atoms with van der Waals surface area (Å²) in [5.41, 5.74) is 5.21. The number of likely N-dealkylation sites (tertiary alicyclic amines) is 1. The standard InChI is InChI=1S/C23H29N5O2/c1-14(29)27-11-15-8-17(13-27)20-9-16(10-21(30)28(20)12-15)22-18-6-4-5-7-19(18)24-23(25-22)26(2)3/h9-10,15,17H,4-8,11-13H2,1-3H3/t15-,17+/m0/s1. The number of piperidine rings is 1. The molecule has 2 aliphatic heterocycles. The Hall–Kier alpha value is -2.70. The van der Waals surface area contributed by atoms with Gasteiger partial charge in [-0.15, -0.1) is 0 Å². The van der Waals surface area contributed by atoms with Crippen molar-refractivity contribution < 1.29 is 4.79 Å². The normalized spacial score (nSPS) is 22.3. The molecule has 0 spiro atoms. The van der Waals surface area contributed by atoms with E-state index >= 15 is 0 Å². The Bertz CT molecular complexity index is 1070. The fourth-order valence-electron chi connectivity index (χ4n) is 5.37. The highest BCUT2D eigenvalue weighted by Gasteiger charge is 2.36. The molecule has 2 bridgehead atoms. The highest BCUT2D eigenvalue weighted by Crippen LogP contribution is 2.37. The van der Waals surface area contributed by atoms with Gasteiger partial charge in [-0.25, -0.2) is 9.97 Å². The lowest BCUT2D eigenvalue weighted by Crippen LogP contribution is -2.48. The molecule has 158 valence electrons. The lowest BCUT2D eigenvalue weighted by Gasteiger charge is -2.42. The molecule has 1 fully saturated rings. The summed E-state index contributed by atoms with van der Waals surface area (Å²) < 4.78 is 1.93. The minimum atomic E-state index is 0.0445. The van der Waals surface area contributed by atoms with Crippen LogP contribution < -0.4 is 10.5 Å². The van der Waals surface area contributed by atoms with Crippen molar-refractivity contribution in [1.29, 1.82) is 0 Å². The van der Waals surface area contributed by atoms with E-state index in [1.54, 1.807) is 13.0 Å².